The average molecular weight is 270 g/mol. The predicted octanol–water partition coefficient (Wildman–Crippen LogP) is 5.79. The number of unbranched alkanes of at least 4 members (excludes halogenated alkanes) is 6. The molecule has 1 N–H and O–H groups in total. The topological polar surface area (TPSA) is 12.0 Å². The van der Waals surface area contributed by atoms with Crippen LogP contribution in [0.25, 0.3) is 0 Å². The summed E-state index contributed by atoms with van der Waals surface area (Å²) in [6.45, 7) is 11.6. The fourth-order valence-electron chi connectivity index (χ4n) is 2.92. The lowest BCUT2D eigenvalue weighted by Crippen LogP contribution is -2.26. The first-order chi connectivity index (χ1) is 9.26. The minimum Gasteiger partial charge on any atom is -0.317 e. The maximum Gasteiger partial charge on any atom is -0.00206 e. The first-order valence-corrected chi connectivity index (χ1v) is 8.96. The molecule has 0 amide bonds. The number of hydrogen-bond acceptors (Lipinski definition) is 1. The van der Waals surface area contributed by atoms with Crippen molar-refractivity contribution in [2.45, 2.75) is 91.9 Å². The molecule has 0 fully saturated rings. The lowest BCUT2D eigenvalue weighted by Gasteiger charge is -2.24. The molecule has 1 unspecified atom stereocenters. The van der Waals surface area contributed by atoms with Gasteiger partial charge in [-0.15, -0.1) is 0 Å². The van der Waals surface area contributed by atoms with Crippen molar-refractivity contribution in [2.24, 2.45) is 11.8 Å². The van der Waals surface area contributed by atoms with E-state index in [0.29, 0.717) is 0 Å². The van der Waals surface area contributed by atoms with E-state index in [-0.39, 0.29) is 0 Å². The van der Waals surface area contributed by atoms with Crippen LogP contribution in [0.2, 0.25) is 0 Å². The zero-order valence-electron chi connectivity index (χ0n) is 14.1. The van der Waals surface area contributed by atoms with Crippen LogP contribution in [0.3, 0.4) is 0 Å². The molecule has 0 aromatic carbocycles. The lowest BCUT2D eigenvalue weighted by molar-refractivity contribution is 0.287. The van der Waals surface area contributed by atoms with Gasteiger partial charge in [-0.25, -0.2) is 0 Å². The fraction of sp³-hybridized carbons (Fsp3) is 1.00. The van der Waals surface area contributed by atoms with E-state index in [1.165, 1.54) is 70.8 Å². The third-order valence-electron chi connectivity index (χ3n) is 4.38. The van der Waals surface area contributed by atoms with E-state index in [1.807, 2.05) is 0 Å². The van der Waals surface area contributed by atoms with Gasteiger partial charge in [-0.2, -0.15) is 0 Å². The summed E-state index contributed by atoms with van der Waals surface area (Å²) in [5.74, 6) is 1.80. The zero-order valence-corrected chi connectivity index (χ0v) is 14.1. The first kappa shape index (κ1) is 19.0. The number of rotatable bonds is 14. The van der Waals surface area contributed by atoms with Gasteiger partial charge in [0.2, 0.25) is 0 Å². The summed E-state index contributed by atoms with van der Waals surface area (Å²) < 4.78 is 0. The molecule has 0 aromatic rings. The molecule has 0 aliphatic rings. The van der Waals surface area contributed by atoms with E-state index in [1.54, 1.807) is 0 Å². The second kappa shape index (κ2) is 14.4. The van der Waals surface area contributed by atoms with Crippen LogP contribution in [0.1, 0.15) is 91.9 Å². The van der Waals surface area contributed by atoms with E-state index >= 15 is 0 Å². The minimum atomic E-state index is 0.850. The maximum absolute atomic E-state index is 3.53. The Morgan fingerprint density at radius 1 is 0.737 bits per heavy atom. The molecule has 0 radical (unpaired) electrons. The van der Waals surface area contributed by atoms with Crippen molar-refractivity contribution in [2.75, 3.05) is 13.1 Å². The molecule has 0 aliphatic carbocycles. The molecule has 0 rings (SSSR count). The van der Waals surface area contributed by atoms with Crippen molar-refractivity contribution < 1.29 is 0 Å². The molecular weight excluding hydrogens is 230 g/mol. The standard InChI is InChI=1S/C18H39N/c1-5-8-10-12-14-18(15-13-11-9-6-2)17(4)16-19-7-3/h17-19H,5-16H2,1-4H3. The number of nitrogens with one attached hydrogen (secondary N) is 1. The first-order valence-electron chi connectivity index (χ1n) is 8.96. The smallest absolute Gasteiger partial charge is 0.00206 e. The normalized spacial score (nSPS) is 13.1. The summed E-state index contributed by atoms with van der Waals surface area (Å²) in [6, 6.07) is 0. The third-order valence-corrected chi connectivity index (χ3v) is 4.38. The van der Waals surface area contributed by atoms with Gasteiger partial charge < -0.3 is 5.32 Å². The summed E-state index contributed by atoms with van der Waals surface area (Å²) in [7, 11) is 0. The Labute approximate surface area is 122 Å². The Balaban J connectivity index is 3.91. The summed E-state index contributed by atoms with van der Waals surface area (Å²) in [6.07, 6.45) is 14.2. The van der Waals surface area contributed by atoms with Crippen molar-refractivity contribution in [3.05, 3.63) is 0 Å². The second-order valence-corrected chi connectivity index (χ2v) is 6.24. The second-order valence-electron chi connectivity index (χ2n) is 6.24. The highest BCUT2D eigenvalue weighted by atomic mass is 14.8. The van der Waals surface area contributed by atoms with Crippen molar-refractivity contribution in [3.63, 3.8) is 0 Å². The average Bonchev–Trinajstić information content (AvgIpc) is 2.43. The van der Waals surface area contributed by atoms with Crippen LogP contribution in [0, 0.1) is 11.8 Å². The lowest BCUT2D eigenvalue weighted by atomic mass is 9.84. The zero-order chi connectivity index (χ0) is 14.3. The molecule has 0 saturated carbocycles. The van der Waals surface area contributed by atoms with Gasteiger partial charge >= 0.3 is 0 Å². The molecular formula is C18H39N. The van der Waals surface area contributed by atoms with E-state index in [4.69, 9.17) is 0 Å². The van der Waals surface area contributed by atoms with Crippen LogP contribution in [-0.4, -0.2) is 13.1 Å². The van der Waals surface area contributed by atoms with Crippen molar-refractivity contribution >= 4 is 0 Å². The van der Waals surface area contributed by atoms with Crippen molar-refractivity contribution in [1.82, 2.24) is 5.32 Å². The van der Waals surface area contributed by atoms with Gasteiger partial charge in [0.25, 0.3) is 0 Å². The summed E-state index contributed by atoms with van der Waals surface area (Å²) in [5, 5.41) is 3.53. The summed E-state index contributed by atoms with van der Waals surface area (Å²) in [5.41, 5.74) is 0. The molecule has 1 nitrogen and oxygen atoms in total. The molecule has 0 aliphatic heterocycles. The van der Waals surface area contributed by atoms with Gasteiger partial charge in [0.15, 0.2) is 0 Å². The number of hydrogen-bond donors (Lipinski definition) is 1. The monoisotopic (exact) mass is 269 g/mol. The summed E-state index contributed by atoms with van der Waals surface area (Å²) in [4.78, 5) is 0. The van der Waals surface area contributed by atoms with E-state index in [9.17, 15) is 0 Å². The quantitative estimate of drug-likeness (QED) is 0.394. The summed E-state index contributed by atoms with van der Waals surface area (Å²) >= 11 is 0. The largest absolute Gasteiger partial charge is 0.317 e. The van der Waals surface area contributed by atoms with Crippen LogP contribution in [0.15, 0.2) is 0 Å². The fourth-order valence-corrected chi connectivity index (χ4v) is 2.92. The molecule has 0 heterocycles. The molecule has 0 aromatic heterocycles. The Morgan fingerprint density at radius 3 is 1.68 bits per heavy atom. The van der Waals surface area contributed by atoms with Gasteiger partial charge in [0.05, 0.1) is 0 Å². The van der Waals surface area contributed by atoms with Gasteiger partial charge in [0.1, 0.15) is 0 Å². The molecule has 1 heteroatoms. The Kier molecular flexibility index (Phi) is 14.3. The van der Waals surface area contributed by atoms with E-state index < -0.39 is 0 Å². The van der Waals surface area contributed by atoms with Crippen LogP contribution >= 0.6 is 0 Å². The van der Waals surface area contributed by atoms with Crippen LogP contribution in [-0.2, 0) is 0 Å². The van der Waals surface area contributed by atoms with E-state index in [0.717, 1.165) is 18.4 Å². The Morgan fingerprint density at radius 2 is 1.26 bits per heavy atom. The highest BCUT2D eigenvalue weighted by molar-refractivity contribution is 4.69. The third kappa shape index (κ3) is 11.5. The van der Waals surface area contributed by atoms with Gasteiger partial charge in [-0.3, -0.25) is 0 Å². The minimum absolute atomic E-state index is 0.850. The molecule has 1 atom stereocenters. The van der Waals surface area contributed by atoms with Crippen molar-refractivity contribution in [1.29, 1.82) is 0 Å². The van der Waals surface area contributed by atoms with Gasteiger partial charge in [0, 0.05) is 0 Å². The Hall–Kier alpha value is -0.0400. The predicted molar refractivity (Wildman–Crippen MR) is 88.7 cm³/mol. The highest BCUT2D eigenvalue weighted by Gasteiger charge is 2.16. The van der Waals surface area contributed by atoms with Gasteiger partial charge in [-0.1, -0.05) is 91.9 Å². The van der Waals surface area contributed by atoms with Crippen LogP contribution in [0.4, 0.5) is 0 Å². The SMILES string of the molecule is CCCCCCC(CCCCCC)C(C)CNCC. The highest BCUT2D eigenvalue weighted by Crippen LogP contribution is 2.25. The molecule has 19 heavy (non-hydrogen) atoms. The van der Waals surface area contributed by atoms with Gasteiger partial charge in [-0.05, 0) is 24.9 Å². The molecule has 0 bridgehead atoms. The molecule has 0 saturated heterocycles. The van der Waals surface area contributed by atoms with Crippen LogP contribution < -0.4 is 5.32 Å². The van der Waals surface area contributed by atoms with Crippen LogP contribution in [0.5, 0.6) is 0 Å². The maximum atomic E-state index is 3.53. The molecule has 0 spiro atoms. The Bertz CT molecular complexity index is 155. The van der Waals surface area contributed by atoms with Crippen molar-refractivity contribution in [3.8, 4) is 0 Å². The van der Waals surface area contributed by atoms with E-state index in [2.05, 4.69) is 33.0 Å². The molecule has 116 valence electrons.